The molecule has 6 heteroatoms. The maximum atomic E-state index is 12.5. The van der Waals surface area contributed by atoms with Gasteiger partial charge in [-0.3, -0.25) is 14.9 Å². The Labute approximate surface area is 151 Å². The highest BCUT2D eigenvalue weighted by molar-refractivity contribution is 6.33. The van der Waals surface area contributed by atoms with Gasteiger partial charge in [-0.15, -0.1) is 0 Å². The molecule has 0 heterocycles. The van der Waals surface area contributed by atoms with E-state index in [4.69, 9.17) is 11.6 Å². The average Bonchev–Trinajstić information content (AvgIpc) is 2.61. The third-order valence-electron chi connectivity index (χ3n) is 4.63. The standard InChI is InChI=1S/C19H19ClN2O3/c1-12(14-7-6-13-4-2-3-5-15(13)10-14)21-19(23)17-11-16(22(24)25)8-9-18(17)20/h6-12H,2-5H2,1H3,(H,21,23). The Bertz CT molecular complexity index is 835. The Balaban J connectivity index is 1.79. The number of nitro groups is 1. The first-order valence-corrected chi connectivity index (χ1v) is 8.70. The van der Waals surface area contributed by atoms with Crippen molar-refractivity contribution in [2.24, 2.45) is 0 Å². The number of nitrogens with zero attached hydrogens (tertiary/aromatic N) is 1. The van der Waals surface area contributed by atoms with E-state index in [1.165, 1.54) is 42.2 Å². The quantitative estimate of drug-likeness (QED) is 0.640. The van der Waals surface area contributed by atoms with Crippen LogP contribution in [0.15, 0.2) is 36.4 Å². The molecule has 0 fully saturated rings. The number of hydrogen-bond donors (Lipinski definition) is 1. The average molecular weight is 359 g/mol. The van der Waals surface area contributed by atoms with Gasteiger partial charge < -0.3 is 5.32 Å². The van der Waals surface area contributed by atoms with Crippen molar-refractivity contribution >= 4 is 23.2 Å². The second kappa shape index (κ2) is 7.23. The van der Waals surface area contributed by atoms with Gasteiger partial charge in [0.2, 0.25) is 0 Å². The molecule has 1 atom stereocenters. The highest BCUT2D eigenvalue weighted by Gasteiger charge is 2.19. The summed E-state index contributed by atoms with van der Waals surface area (Å²) in [6.07, 6.45) is 4.60. The number of carbonyl (C=O) groups is 1. The summed E-state index contributed by atoms with van der Waals surface area (Å²) in [6.45, 7) is 1.90. The van der Waals surface area contributed by atoms with Crippen LogP contribution in [0.3, 0.4) is 0 Å². The van der Waals surface area contributed by atoms with Gasteiger partial charge in [0.15, 0.2) is 0 Å². The molecule has 1 amide bonds. The minimum absolute atomic E-state index is 0.112. The SMILES string of the molecule is CC(NC(=O)c1cc([N+](=O)[O-])ccc1Cl)c1ccc2c(c1)CCCC2. The van der Waals surface area contributed by atoms with Crippen molar-refractivity contribution in [1.82, 2.24) is 5.32 Å². The van der Waals surface area contributed by atoms with E-state index >= 15 is 0 Å². The summed E-state index contributed by atoms with van der Waals surface area (Å²) in [7, 11) is 0. The van der Waals surface area contributed by atoms with Crippen molar-refractivity contribution in [2.45, 2.75) is 38.6 Å². The van der Waals surface area contributed by atoms with Gasteiger partial charge in [0.1, 0.15) is 0 Å². The van der Waals surface area contributed by atoms with Crippen LogP contribution in [-0.2, 0) is 12.8 Å². The zero-order chi connectivity index (χ0) is 18.0. The third-order valence-corrected chi connectivity index (χ3v) is 4.96. The first-order valence-electron chi connectivity index (χ1n) is 8.32. The second-order valence-corrected chi connectivity index (χ2v) is 6.76. The molecule has 130 valence electrons. The lowest BCUT2D eigenvalue weighted by molar-refractivity contribution is -0.384. The molecule has 0 spiro atoms. The molecule has 5 nitrogen and oxygen atoms in total. The molecular weight excluding hydrogens is 340 g/mol. The first-order chi connectivity index (χ1) is 12.0. The van der Waals surface area contributed by atoms with E-state index < -0.39 is 10.8 Å². The van der Waals surface area contributed by atoms with Gasteiger partial charge in [0, 0.05) is 12.1 Å². The maximum Gasteiger partial charge on any atom is 0.270 e. The largest absolute Gasteiger partial charge is 0.345 e. The Morgan fingerprint density at radius 1 is 1.16 bits per heavy atom. The van der Waals surface area contributed by atoms with E-state index in [9.17, 15) is 14.9 Å². The Hall–Kier alpha value is -2.40. The van der Waals surface area contributed by atoms with Crippen molar-refractivity contribution < 1.29 is 9.72 Å². The van der Waals surface area contributed by atoms with Gasteiger partial charge in [-0.05, 0) is 55.4 Å². The number of benzene rings is 2. The number of nitrogens with one attached hydrogen (secondary N) is 1. The molecule has 2 aromatic rings. The van der Waals surface area contributed by atoms with E-state index in [0.29, 0.717) is 0 Å². The number of non-ortho nitro benzene ring substituents is 1. The molecule has 0 saturated heterocycles. The van der Waals surface area contributed by atoms with Crippen LogP contribution in [0.5, 0.6) is 0 Å². The van der Waals surface area contributed by atoms with E-state index in [1.54, 1.807) is 0 Å². The van der Waals surface area contributed by atoms with Gasteiger partial charge in [-0.2, -0.15) is 0 Å². The molecule has 2 aromatic carbocycles. The summed E-state index contributed by atoms with van der Waals surface area (Å²) in [5.41, 5.74) is 3.71. The lowest BCUT2D eigenvalue weighted by Gasteiger charge is -2.20. The Morgan fingerprint density at radius 2 is 1.88 bits per heavy atom. The van der Waals surface area contributed by atoms with Gasteiger partial charge >= 0.3 is 0 Å². The topological polar surface area (TPSA) is 72.2 Å². The van der Waals surface area contributed by atoms with Crippen LogP contribution >= 0.6 is 11.6 Å². The predicted molar refractivity (Wildman–Crippen MR) is 97.1 cm³/mol. The van der Waals surface area contributed by atoms with E-state index in [1.807, 2.05) is 13.0 Å². The Morgan fingerprint density at radius 3 is 2.60 bits per heavy atom. The molecule has 1 aliphatic rings. The predicted octanol–water partition coefficient (Wildman–Crippen LogP) is 4.62. The van der Waals surface area contributed by atoms with Crippen LogP contribution in [0.25, 0.3) is 0 Å². The fourth-order valence-corrected chi connectivity index (χ4v) is 3.38. The van der Waals surface area contributed by atoms with Crippen LogP contribution in [0, 0.1) is 10.1 Å². The van der Waals surface area contributed by atoms with Gasteiger partial charge in [0.25, 0.3) is 11.6 Å². The Kier molecular flexibility index (Phi) is 5.04. The summed E-state index contributed by atoms with van der Waals surface area (Å²) >= 11 is 6.04. The normalized spacial score (nSPS) is 14.5. The number of nitro benzene ring substituents is 1. The molecule has 3 rings (SSSR count). The first kappa shape index (κ1) is 17.4. The highest BCUT2D eigenvalue weighted by Crippen LogP contribution is 2.26. The molecule has 0 aromatic heterocycles. The van der Waals surface area contributed by atoms with Gasteiger partial charge in [-0.25, -0.2) is 0 Å². The molecule has 0 aliphatic heterocycles. The summed E-state index contributed by atoms with van der Waals surface area (Å²) in [4.78, 5) is 22.9. The van der Waals surface area contributed by atoms with Crippen molar-refractivity contribution in [2.75, 3.05) is 0 Å². The molecular formula is C19H19ClN2O3. The molecule has 0 saturated carbocycles. The lowest BCUT2D eigenvalue weighted by atomic mass is 9.89. The summed E-state index contributed by atoms with van der Waals surface area (Å²) in [5, 5.41) is 14.0. The van der Waals surface area contributed by atoms with Crippen molar-refractivity contribution in [1.29, 1.82) is 0 Å². The number of halogens is 1. The lowest BCUT2D eigenvalue weighted by Crippen LogP contribution is -2.27. The fourth-order valence-electron chi connectivity index (χ4n) is 3.18. The maximum absolute atomic E-state index is 12.5. The minimum Gasteiger partial charge on any atom is -0.345 e. The monoisotopic (exact) mass is 358 g/mol. The smallest absolute Gasteiger partial charge is 0.270 e. The summed E-state index contributed by atoms with van der Waals surface area (Å²) < 4.78 is 0. The molecule has 1 N–H and O–H groups in total. The van der Waals surface area contributed by atoms with E-state index in [2.05, 4.69) is 17.4 Å². The van der Waals surface area contributed by atoms with E-state index in [-0.39, 0.29) is 22.3 Å². The van der Waals surface area contributed by atoms with Crippen LogP contribution in [0.2, 0.25) is 5.02 Å². The molecule has 1 unspecified atom stereocenters. The minimum atomic E-state index is -0.542. The molecule has 0 radical (unpaired) electrons. The van der Waals surface area contributed by atoms with Gasteiger partial charge in [0.05, 0.1) is 21.6 Å². The molecule has 0 bridgehead atoms. The van der Waals surface area contributed by atoms with Crippen LogP contribution in [0.1, 0.15) is 52.9 Å². The molecule has 1 aliphatic carbocycles. The summed E-state index contributed by atoms with van der Waals surface area (Å²) in [6, 6.07) is 9.96. The number of carbonyl (C=O) groups excluding carboxylic acids is 1. The number of aryl methyl sites for hydroxylation is 2. The molecule has 25 heavy (non-hydrogen) atoms. The van der Waals surface area contributed by atoms with Gasteiger partial charge in [-0.1, -0.05) is 29.8 Å². The summed E-state index contributed by atoms with van der Waals surface area (Å²) in [5.74, 6) is -0.418. The van der Waals surface area contributed by atoms with E-state index in [0.717, 1.165) is 18.4 Å². The fraction of sp³-hybridized carbons (Fsp3) is 0.316. The second-order valence-electron chi connectivity index (χ2n) is 6.35. The number of rotatable bonds is 4. The van der Waals surface area contributed by atoms with Crippen LogP contribution in [0.4, 0.5) is 5.69 Å². The van der Waals surface area contributed by atoms with Crippen molar-refractivity contribution in [3.63, 3.8) is 0 Å². The number of hydrogen-bond acceptors (Lipinski definition) is 3. The third kappa shape index (κ3) is 3.82. The van der Waals surface area contributed by atoms with Crippen molar-refractivity contribution in [3.8, 4) is 0 Å². The van der Waals surface area contributed by atoms with Crippen molar-refractivity contribution in [3.05, 3.63) is 73.8 Å². The zero-order valence-corrected chi connectivity index (χ0v) is 14.7. The number of amides is 1. The van der Waals surface area contributed by atoms with Crippen LogP contribution < -0.4 is 5.32 Å². The zero-order valence-electron chi connectivity index (χ0n) is 13.9. The number of fused-ring (bicyclic) bond motifs is 1. The highest BCUT2D eigenvalue weighted by atomic mass is 35.5. The van der Waals surface area contributed by atoms with Crippen LogP contribution in [-0.4, -0.2) is 10.8 Å².